The highest BCUT2D eigenvalue weighted by Gasteiger charge is 2.58. The maximum atomic E-state index is 15.9. The molecule has 3 aromatic carbocycles. The molecular formula is C31H27ClF4N6O. The molecule has 0 fully saturated rings. The van der Waals surface area contributed by atoms with Crippen molar-refractivity contribution < 1.29 is 22.7 Å². The zero-order chi connectivity index (χ0) is 31.0. The Morgan fingerprint density at radius 3 is 2.30 bits per heavy atom. The van der Waals surface area contributed by atoms with Crippen LogP contribution in [0.1, 0.15) is 27.9 Å². The minimum Gasteiger partial charge on any atom is -0.381 e. The van der Waals surface area contributed by atoms with Crippen LogP contribution in [0, 0.1) is 23.5 Å². The number of aromatic nitrogens is 1. The van der Waals surface area contributed by atoms with Gasteiger partial charge in [0.15, 0.2) is 5.60 Å². The van der Waals surface area contributed by atoms with Gasteiger partial charge in [0, 0.05) is 53.3 Å². The monoisotopic (exact) mass is 610 g/mol. The van der Waals surface area contributed by atoms with Crippen molar-refractivity contribution in [1.29, 1.82) is 0 Å². The number of halogens is 5. The van der Waals surface area contributed by atoms with Gasteiger partial charge < -0.3 is 15.8 Å². The normalized spacial score (nSPS) is 12.7. The molecule has 0 aliphatic rings. The lowest BCUT2D eigenvalue weighted by atomic mass is 9.84. The quantitative estimate of drug-likeness (QED) is 0.0483. The smallest absolute Gasteiger partial charge is 0.323 e. The highest BCUT2D eigenvalue weighted by Crippen LogP contribution is 2.46. The van der Waals surface area contributed by atoms with E-state index in [1.54, 1.807) is 12.1 Å². The van der Waals surface area contributed by atoms with E-state index in [4.69, 9.17) is 17.4 Å². The predicted octanol–water partition coefficient (Wildman–Crippen LogP) is 5.34. The molecule has 0 amide bonds. The second kappa shape index (κ2) is 13.6. The summed E-state index contributed by atoms with van der Waals surface area (Å²) in [6.45, 7) is -0.421. The molecule has 5 N–H and O–H groups in total. The number of hydrazone groups is 1. The fraction of sp³-hybridized carbons (Fsp3) is 0.161. The minimum atomic E-state index is -4.18. The number of pyridine rings is 1. The molecule has 1 aromatic heterocycles. The SMILES string of the molecule is CN/N=C\N(N)CC(O)(c1ccc(F)cc1F)C(F)(F)c1ccc(C#Cc2ccc(CNc3ccc(Cl)cc3)cc2)cn1. The Bertz CT molecular complexity index is 1620. The number of hydrazine groups is 1. The first-order valence-electron chi connectivity index (χ1n) is 12.9. The van der Waals surface area contributed by atoms with Gasteiger partial charge in [0.25, 0.3) is 0 Å². The van der Waals surface area contributed by atoms with Gasteiger partial charge >= 0.3 is 5.92 Å². The van der Waals surface area contributed by atoms with Gasteiger partial charge in [-0.2, -0.15) is 13.9 Å². The standard InChI is InChI=1S/C31H27ClF4N6O/c1-38-41-20-42(37)19-30(43,27-14-11-25(33)16-28(27)34)31(35,36)29-15-8-23(18-40-29)7-4-21-2-5-22(6-3-21)17-39-26-12-9-24(32)10-13-26/h2-3,5-6,8-16,18,20,38-39,43H,17,19,37H2,1H3/b41-20-. The van der Waals surface area contributed by atoms with Crippen molar-refractivity contribution in [3.63, 3.8) is 0 Å². The van der Waals surface area contributed by atoms with E-state index in [1.165, 1.54) is 13.1 Å². The van der Waals surface area contributed by atoms with Gasteiger partial charge in [-0.1, -0.05) is 35.6 Å². The number of aliphatic hydroxyl groups is 1. The molecular weight excluding hydrogens is 584 g/mol. The fourth-order valence-electron chi connectivity index (χ4n) is 4.10. The summed E-state index contributed by atoms with van der Waals surface area (Å²) < 4.78 is 60.0. The average Bonchev–Trinajstić information content (AvgIpc) is 2.99. The number of benzene rings is 3. The Hall–Kier alpha value is -4.63. The van der Waals surface area contributed by atoms with Crippen LogP contribution in [-0.4, -0.2) is 35.0 Å². The number of nitrogens with zero attached hydrogens (tertiary/aromatic N) is 3. The minimum absolute atomic E-state index is 0.325. The van der Waals surface area contributed by atoms with Crippen LogP contribution in [0.4, 0.5) is 23.2 Å². The van der Waals surface area contributed by atoms with Gasteiger partial charge in [0.1, 0.15) is 23.7 Å². The summed E-state index contributed by atoms with van der Waals surface area (Å²) in [4.78, 5) is 3.81. The lowest BCUT2D eigenvalue weighted by molar-refractivity contribution is -0.203. The molecule has 0 bridgehead atoms. The number of hydrogen-bond acceptors (Lipinski definition) is 6. The van der Waals surface area contributed by atoms with Gasteiger partial charge in [0.2, 0.25) is 0 Å². The van der Waals surface area contributed by atoms with E-state index in [0.29, 0.717) is 33.8 Å². The van der Waals surface area contributed by atoms with Crippen LogP contribution < -0.4 is 16.6 Å². The molecule has 12 heteroatoms. The average molecular weight is 611 g/mol. The molecule has 222 valence electrons. The van der Waals surface area contributed by atoms with Crippen LogP contribution in [0.15, 0.2) is 90.2 Å². The summed E-state index contributed by atoms with van der Waals surface area (Å²) in [7, 11) is 1.44. The summed E-state index contributed by atoms with van der Waals surface area (Å²) in [6, 6.07) is 19.0. The summed E-state index contributed by atoms with van der Waals surface area (Å²) in [6.07, 6.45) is 2.04. The van der Waals surface area contributed by atoms with Crippen LogP contribution in [0.3, 0.4) is 0 Å². The van der Waals surface area contributed by atoms with E-state index in [-0.39, 0.29) is 0 Å². The lowest BCUT2D eigenvalue weighted by Gasteiger charge is -2.37. The second-order valence-corrected chi connectivity index (χ2v) is 9.88. The molecule has 4 aromatic rings. The van der Waals surface area contributed by atoms with Gasteiger partial charge in [0.05, 0.1) is 6.54 Å². The molecule has 1 unspecified atom stereocenters. The highest BCUT2D eigenvalue weighted by atomic mass is 35.5. The summed E-state index contributed by atoms with van der Waals surface area (Å²) in [5, 5.41) is 19.5. The molecule has 0 saturated carbocycles. The first-order chi connectivity index (χ1) is 20.5. The van der Waals surface area contributed by atoms with Gasteiger partial charge in [-0.05, 0) is 66.2 Å². The van der Waals surface area contributed by atoms with Crippen molar-refractivity contribution in [2.24, 2.45) is 10.9 Å². The summed E-state index contributed by atoms with van der Waals surface area (Å²) in [5.74, 6) is 4.97. The van der Waals surface area contributed by atoms with Crippen molar-refractivity contribution in [2.45, 2.75) is 18.1 Å². The molecule has 4 rings (SSSR count). The van der Waals surface area contributed by atoms with Crippen LogP contribution in [0.25, 0.3) is 0 Å². The predicted molar refractivity (Wildman–Crippen MR) is 158 cm³/mol. The Balaban J connectivity index is 1.52. The summed E-state index contributed by atoms with van der Waals surface area (Å²) in [5.41, 5.74) is 0.344. The third kappa shape index (κ3) is 7.61. The number of hydrogen-bond donors (Lipinski definition) is 4. The Morgan fingerprint density at radius 1 is 1.00 bits per heavy atom. The molecule has 0 radical (unpaired) electrons. The van der Waals surface area contributed by atoms with Crippen LogP contribution in [-0.2, 0) is 18.1 Å². The van der Waals surface area contributed by atoms with Crippen LogP contribution in [0.5, 0.6) is 0 Å². The first kappa shape index (κ1) is 31.3. The zero-order valence-electron chi connectivity index (χ0n) is 22.8. The molecule has 1 atom stereocenters. The van der Waals surface area contributed by atoms with Crippen molar-refractivity contribution in [1.82, 2.24) is 15.4 Å². The largest absolute Gasteiger partial charge is 0.381 e. The Morgan fingerprint density at radius 2 is 1.67 bits per heavy atom. The number of anilines is 1. The molecule has 0 saturated heterocycles. The fourth-order valence-corrected chi connectivity index (χ4v) is 4.23. The van der Waals surface area contributed by atoms with Crippen molar-refractivity contribution in [3.05, 3.63) is 130 Å². The zero-order valence-corrected chi connectivity index (χ0v) is 23.6. The highest BCUT2D eigenvalue weighted by molar-refractivity contribution is 6.30. The maximum Gasteiger partial charge on any atom is 0.323 e. The lowest BCUT2D eigenvalue weighted by Crippen LogP contribution is -2.54. The molecule has 0 spiro atoms. The van der Waals surface area contributed by atoms with Crippen LogP contribution >= 0.6 is 11.6 Å². The Kier molecular flexibility index (Phi) is 9.88. The van der Waals surface area contributed by atoms with E-state index in [0.717, 1.165) is 42.0 Å². The van der Waals surface area contributed by atoms with Crippen molar-refractivity contribution in [2.75, 3.05) is 18.9 Å². The van der Waals surface area contributed by atoms with E-state index in [9.17, 15) is 13.9 Å². The summed E-state index contributed by atoms with van der Waals surface area (Å²) >= 11 is 5.91. The molecule has 43 heavy (non-hydrogen) atoms. The Labute approximate surface area is 251 Å². The van der Waals surface area contributed by atoms with Crippen molar-refractivity contribution >= 4 is 23.6 Å². The van der Waals surface area contributed by atoms with E-state index >= 15 is 8.78 Å². The number of nitrogens with one attached hydrogen (secondary N) is 2. The topological polar surface area (TPSA) is 98.8 Å². The van der Waals surface area contributed by atoms with Crippen molar-refractivity contribution in [3.8, 4) is 11.8 Å². The van der Waals surface area contributed by atoms with E-state index in [1.807, 2.05) is 36.4 Å². The number of nitrogens with two attached hydrogens (primary N) is 1. The van der Waals surface area contributed by atoms with E-state index < -0.39 is 41.0 Å². The third-order valence-corrected chi connectivity index (χ3v) is 6.63. The second-order valence-electron chi connectivity index (χ2n) is 9.44. The maximum absolute atomic E-state index is 15.9. The van der Waals surface area contributed by atoms with E-state index in [2.05, 4.69) is 32.7 Å². The first-order valence-corrected chi connectivity index (χ1v) is 13.2. The molecule has 1 heterocycles. The third-order valence-electron chi connectivity index (χ3n) is 6.37. The van der Waals surface area contributed by atoms with Gasteiger partial charge in [-0.25, -0.2) is 14.6 Å². The molecule has 0 aliphatic heterocycles. The van der Waals surface area contributed by atoms with Crippen LogP contribution in [0.2, 0.25) is 5.02 Å². The number of rotatable bonds is 10. The van der Waals surface area contributed by atoms with Gasteiger partial charge in [-0.15, -0.1) is 0 Å². The van der Waals surface area contributed by atoms with Gasteiger partial charge in [-0.3, -0.25) is 9.99 Å². The number of alkyl halides is 2. The molecule has 7 nitrogen and oxygen atoms in total. The molecule has 0 aliphatic carbocycles.